The summed E-state index contributed by atoms with van der Waals surface area (Å²) in [6, 6.07) is 22.4. The summed E-state index contributed by atoms with van der Waals surface area (Å²) < 4.78 is 20.1. The number of phenolic OH excluding ortho intramolecular Hbond substituents is 1. The normalized spacial score (nSPS) is 11.9. The molecule has 0 saturated carbocycles. The smallest absolute Gasteiger partial charge is 0.271 e. The van der Waals surface area contributed by atoms with Crippen LogP contribution in [-0.2, 0) is 19.3 Å². The van der Waals surface area contributed by atoms with Gasteiger partial charge in [-0.25, -0.2) is 13.7 Å². The molecule has 3 aromatic carbocycles. The molecule has 5 rings (SSSR count). The van der Waals surface area contributed by atoms with Crippen LogP contribution in [0.3, 0.4) is 0 Å². The quantitative estimate of drug-likeness (QED) is 0.323. The number of para-hydroxylation sites is 1. The molecule has 5 aromatic rings. The molecule has 7 nitrogen and oxygen atoms in total. The van der Waals surface area contributed by atoms with Crippen LogP contribution >= 0.6 is 0 Å². The number of halogens is 1. The monoisotopic (exact) mass is 496 g/mol. The van der Waals surface area contributed by atoms with Crippen molar-refractivity contribution in [3.05, 3.63) is 129 Å². The SMILES string of the molecule is Cc1nn(C(Cc2ccccc2)c2cnon2)c(=O)c(CCc2cccc(F)c2)c1-c1ccccc1O. The van der Waals surface area contributed by atoms with E-state index in [0.717, 1.165) is 11.1 Å². The zero-order chi connectivity index (χ0) is 25.8. The van der Waals surface area contributed by atoms with E-state index in [1.54, 1.807) is 30.3 Å². The van der Waals surface area contributed by atoms with Crippen LogP contribution in [0.1, 0.15) is 34.1 Å². The van der Waals surface area contributed by atoms with Gasteiger partial charge in [-0.3, -0.25) is 4.79 Å². The van der Waals surface area contributed by atoms with Gasteiger partial charge in [0.15, 0.2) is 0 Å². The highest BCUT2D eigenvalue weighted by molar-refractivity contribution is 5.74. The second-order valence-electron chi connectivity index (χ2n) is 8.87. The summed E-state index contributed by atoms with van der Waals surface area (Å²) in [5.41, 5.74) is 4.07. The first-order valence-corrected chi connectivity index (χ1v) is 12.0. The fourth-order valence-electron chi connectivity index (χ4n) is 4.64. The Morgan fingerprint density at radius 3 is 2.46 bits per heavy atom. The minimum atomic E-state index is -0.564. The molecule has 0 aliphatic rings. The van der Waals surface area contributed by atoms with E-state index in [1.165, 1.54) is 23.0 Å². The summed E-state index contributed by atoms with van der Waals surface area (Å²) in [5.74, 6) is -0.277. The third-order valence-corrected chi connectivity index (χ3v) is 6.40. The number of nitrogens with zero attached hydrogens (tertiary/aromatic N) is 4. The van der Waals surface area contributed by atoms with E-state index in [2.05, 4.69) is 10.3 Å². The fourth-order valence-corrected chi connectivity index (χ4v) is 4.64. The van der Waals surface area contributed by atoms with Crippen molar-refractivity contribution in [1.82, 2.24) is 20.1 Å². The van der Waals surface area contributed by atoms with Gasteiger partial charge >= 0.3 is 0 Å². The average molecular weight is 497 g/mol. The summed E-state index contributed by atoms with van der Waals surface area (Å²) in [6.45, 7) is 1.81. The van der Waals surface area contributed by atoms with Crippen LogP contribution in [0.5, 0.6) is 5.75 Å². The van der Waals surface area contributed by atoms with Gasteiger partial charge in [0.2, 0.25) is 0 Å². The van der Waals surface area contributed by atoms with Crippen LogP contribution in [0.4, 0.5) is 4.39 Å². The lowest BCUT2D eigenvalue weighted by Gasteiger charge is -2.21. The second-order valence-corrected chi connectivity index (χ2v) is 8.87. The van der Waals surface area contributed by atoms with Crippen molar-refractivity contribution < 1.29 is 14.1 Å². The van der Waals surface area contributed by atoms with Crippen LogP contribution < -0.4 is 5.56 Å². The second kappa shape index (κ2) is 10.6. The molecule has 0 fully saturated rings. The highest BCUT2D eigenvalue weighted by Gasteiger charge is 2.26. The van der Waals surface area contributed by atoms with Gasteiger partial charge in [-0.2, -0.15) is 5.10 Å². The Kier molecular flexibility index (Phi) is 6.89. The van der Waals surface area contributed by atoms with Gasteiger partial charge in [-0.05, 0) is 49.1 Å². The Labute approximate surface area is 212 Å². The molecular weight excluding hydrogens is 471 g/mol. The molecule has 1 unspecified atom stereocenters. The van der Waals surface area contributed by atoms with Crippen molar-refractivity contribution in [2.75, 3.05) is 0 Å². The summed E-state index contributed by atoms with van der Waals surface area (Å²) in [6.07, 6.45) is 2.69. The van der Waals surface area contributed by atoms with E-state index in [-0.39, 0.29) is 17.1 Å². The highest BCUT2D eigenvalue weighted by Crippen LogP contribution is 2.33. The first-order valence-electron chi connectivity index (χ1n) is 12.0. The van der Waals surface area contributed by atoms with E-state index in [9.17, 15) is 14.3 Å². The van der Waals surface area contributed by atoms with E-state index in [0.29, 0.717) is 47.3 Å². The number of hydrogen-bond donors (Lipinski definition) is 1. The lowest BCUT2D eigenvalue weighted by Crippen LogP contribution is -2.33. The zero-order valence-electron chi connectivity index (χ0n) is 20.2. The number of aromatic hydroxyl groups is 1. The molecular formula is C29H25FN4O3. The van der Waals surface area contributed by atoms with Crippen LogP contribution in [0, 0.1) is 12.7 Å². The fraction of sp³-hybridized carbons (Fsp3) is 0.172. The lowest BCUT2D eigenvalue weighted by molar-refractivity contribution is 0.297. The Hall–Kier alpha value is -4.59. The largest absolute Gasteiger partial charge is 0.507 e. The molecule has 0 spiro atoms. The maximum absolute atomic E-state index is 14.1. The first kappa shape index (κ1) is 24.1. The van der Waals surface area contributed by atoms with Crippen molar-refractivity contribution in [3.8, 4) is 16.9 Å². The van der Waals surface area contributed by atoms with Crippen molar-refractivity contribution >= 4 is 0 Å². The molecule has 2 heterocycles. The van der Waals surface area contributed by atoms with Crippen LogP contribution in [0.25, 0.3) is 11.1 Å². The summed E-state index contributed by atoms with van der Waals surface area (Å²) in [5, 5.41) is 23.1. The molecule has 186 valence electrons. The molecule has 0 saturated heterocycles. The predicted octanol–water partition coefficient (Wildman–Crippen LogP) is 5.06. The molecule has 0 aliphatic heterocycles. The van der Waals surface area contributed by atoms with Gasteiger partial charge in [0, 0.05) is 23.1 Å². The molecule has 0 aliphatic carbocycles. The first-order chi connectivity index (χ1) is 18.0. The van der Waals surface area contributed by atoms with E-state index in [4.69, 9.17) is 9.73 Å². The van der Waals surface area contributed by atoms with Gasteiger partial charge in [-0.15, -0.1) is 0 Å². The third kappa shape index (κ3) is 5.18. The zero-order valence-corrected chi connectivity index (χ0v) is 20.2. The molecule has 0 amide bonds. The number of benzene rings is 3. The van der Waals surface area contributed by atoms with Crippen molar-refractivity contribution in [1.29, 1.82) is 0 Å². The summed E-state index contributed by atoms with van der Waals surface area (Å²) in [4.78, 5) is 14.1. The lowest BCUT2D eigenvalue weighted by atomic mass is 9.94. The minimum absolute atomic E-state index is 0.0538. The van der Waals surface area contributed by atoms with Gasteiger partial charge in [0.1, 0.15) is 23.3 Å². The van der Waals surface area contributed by atoms with Crippen molar-refractivity contribution in [3.63, 3.8) is 0 Å². The molecule has 0 radical (unpaired) electrons. The van der Waals surface area contributed by atoms with E-state index >= 15 is 0 Å². The van der Waals surface area contributed by atoms with E-state index < -0.39 is 6.04 Å². The van der Waals surface area contributed by atoms with Gasteiger partial charge < -0.3 is 5.11 Å². The van der Waals surface area contributed by atoms with Gasteiger partial charge in [0.05, 0.1) is 11.9 Å². The van der Waals surface area contributed by atoms with Crippen LogP contribution in [-0.4, -0.2) is 25.2 Å². The van der Waals surface area contributed by atoms with Crippen molar-refractivity contribution in [2.24, 2.45) is 0 Å². The number of aromatic nitrogens is 4. The Morgan fingerprint density at radius 2 is 1.73 bits per heavy atom. The average Bonchev–Trinajstić information content (AvgIpc) is 3.44. The topological polar surface area (TPSA) is 94.0 Å². The predicted molar refractivity (Wildman–Crippen MR) is 137 cm³/mol. The van der Waals surface area contributed by atoms with Crippen molar-refractivity contribution in [2.45, 2.75) is 32.2 Å². The van der Waals surface area contributed by atoms with Gasteiger partial charge in [0.25, 0.3) is 5.56 Å². The standard InChI is InChI=1S/C29H25FN4O3/c1-19-28(23-12-5-6-13-27(23)35)24(15-14-21-10-7-11-22(30)16-21)29(36)34(32-19)26(25-18-31-37-33-25)17-20-8-3-2-4-9-20/h2-13,16,18,26,35H,14-15,17H2,1H3. The number of rotatable bonds is 8. The molecule has 1 N–H and O–H groups in total. The Balaban J connectivity index is 1.66. The molecule has 37 heavy (non-hydrogen) atoms. The Morgan fingerprint density at radius 1 is 0.973 bits per heavy atom. The molecule has 2 aromatic heterocycles. The highest BCUT2D eigenvalue weighted by atomic mass is 19.1. The number of phenols is 1. The summed E-state index contributed by atoms with van der Waals surface area (Å²) in [7, 11) is 0. The van der Waals surface area contributed by atoms with E-state index in [1.807, 2.05) is 43.3 Å². The molecule has 8 heteroatoms. The Bertz CT molecular complexity index is 1570. The molecule has 1 atom stereocenters. The van der Waals surface area contributed by atoms with Gasteiger partial charge in [-0.1, -0.05) is 71.0 Å². The minimum Gasteiger partial charge on any atom is -0.507 e. The molecule has 0 bridgehead atoms. The number of hydrogen-bond acceptors (Lipinski definition) is 6. The number of aryl methyl sites for hydroxylation is 2. The maximum atomic E-state index is 14.1. The summed E-state index contributed by atoms with van der Waals surface area (Å²) >= 11 is 0. The van der Waals surface area contributed by atoms with Crippen LogP contribution in [0.2, 0.25) is 0 Å². The third-order valence-electron chi connectivity index (χ3n) is 6.40. The van der Waals surface area contributed by atoms with Crippen LogP contribution in [0.15, 0.2) is 94.5 Å². The maximum Gasteiger partial charge on any atom is 0.271 e.